The Morgan fingerprint density at radius 1 is 1.38 bits per heavy atom. The lowest BCUT2D eigenvalue weighted by Crippen LogP contribution is -2.56. The van der Waals surface area contributed by atoms with Crippen LogP contribution in [0.5, 0.6) is 0 Å². The summed E-state index contributed by atoms with van der Waals surface area (Å²) in [4.78, 5) is 8.41. The van der Waals surface area contributed by atoms with Gasteiger partial charge in [0.25, 0.3) is 0 Å². The molecular formula is C10H19N3. The highest BCUT2D eigenvalue weighted by molar-refractivity contribution is 5.27. The molecule has 1 aliphatic rings. The first kappa shape index (κ1) is 10.3. The predicted octanol–water partition coefficient (Wildman–Crippen LogP) is 1.18. The Morgan fingerprint density at radius 2 is 2.00 bits per heavy atom. The summed E-state index contributed by atoms with van der Waals surface area (Å²) >= 11 is 0. The van der Waals surface area contributed by atoms with Crippen LogP contribution in [0.3, 0.4) is 0 Å². The largest absolute Gasteiger partial charge is 0.354 e. The number of aliphatic imine (C=N–C) groups is 1. The summed E-state index contributed by atoms with van der Waals surface area (Å²) in [5.41, 5.74) is 0.200. The molecule has 0 spiro atoms. The molecule has 0 aliphatic carbocycles. The normalized spacial score (nSPS) is 22.8. The van der Waals surface area contributed by atoms with Crippen molar-refractivity contribution in [2.24, 2.45) is 4.99 Å². The van der Waals surface area contributed by atoms with E-state index in [1.54, 1.807) is 0 Å². The molecule has 0 radical (unpaired) electrons. The zero-order valence-electron chi connectivity index (χ0n) is 8.88. The first-order valence-electron chi connectivity index (χ1n) is 4.59. The lowest BCUT2D eigenvalue weighted by molar-refractivity contribution is 0.0577. The molecule has 0 amide bonds. The number of hydrogen-bond acceptors (Lipinski definition) is 3. The van der Waals surface area contributed by atoms with Crippen LogP contribution in [-0.2, 0) is 0 Å². The van der Waals surface area contributed by atoms with Gasteiger partial charge in [-0.05, 0) is 27.6 Å². The third-order valence-electron chi connectivity index (χ3n) is 2.86. The highest BCUT2D eigenvalue weighted by Gasteiger charge is 2.31. The fraction of sp³-hybridized carbons (Fsp3) is 0.700. The Morgan fingerprint density at radius 3 is 2.46 bits per heavy atom. The summed E-state index contributed by atoms with van der Waals surface area (Å²) in [5, 5.41) is 0. The summed E-state index contributed by atoms with van der Waals surface area (Å²) in [6.45, 7) is 14.9. The summed E-state index contributed by atoms with van der Waals surface area (Å²) in [6.07, 6.45) is 0. The van der Waals surface area contributed by atoms with Crippen molar-refractivity contribution in [2.75, 3.05) is 26.7 Å². The van der Waals surface area contributed by atoms with Crippen molar-refractivity contribution in [3.05, 3.63) is 12.4 Å². The minimum Gasteiger partial charge on any atom is -0.354 e. The summed E-state index contributed by atoms with van der Waals surface area (Å²) in [6, 6.07) is 0. The van der Waals surface area contributed by atoms with E-state index in [0.717, 1.165) is 25.5 Å². The van der Waals surface area contributed by atoms with Gasteiger partial charge < -0.3 is 4.90 Å². The van der Waals surface area contributed by atoms with E-state index >= 15 is 0 Å². The van der Waals surface area contributed by atoms with Crippen LogP contribution in [0.15, 0.2) is 17.4 Å². The molecule has 0 saturated carbocycles. The van der Waals surface area contributed by atoms with Crippen LogP contribution >= 0.6 is 0 Å². The first-order chi connectivity index (χ1) is 5.97. The molecule has 1 rings (SSSR count). The Balaban J connectivity index is 2.65. The van der Waals surface area contributed by atoms with Gasteiger partial charge in [0.15, 0.2) is 0 Å². The number of nitrogens with zero attached hydrogens (tertiary/aromatic N) is 3. The van der Waals surface area contributed by atoms with Crippen molar-refractivity contribution in [3.63, 3.8) is 0 Å². The van der Waals surface area contributed by atoms with E-state index in [2.05, 4.69) is 49.0 Å². The Labute approximate surface area is 80.7 Å². The maximum absolute atomic E-state index is 3.87. The van der Waals surface area contributed by atoms with Crippen LogP contribution < -0.4 is 0 Å². The molecule has 1 heterocycles. The van der Waals surface area contributed by atoms with E-state index in [-0.39, 0.29) is 5.54 Å². The van der Waals surface area contributed by atoms with Crippen molar-refractivity contribution in [3.8, 4) is 0 Å². The SMILES string of the molecule is C=NC(=C)N1CCN(C)C(C)(C)C1. The summed E-state index contributed by atoms with van der Waals surface area (Å²) in [5.74, 6) is 0.793. The third kappa shape index (κ3) is 2.10. The third-order valence-corrected chi connectivity index (χ3v) is 2.86. The molecular weight excluding hydrogens is 162 g/mol. The van der Waals surface area contributed by atoms with Crippen LogP contribution in [0.25, 0.3) is 0 Å². The number of hydrogen-bond donors (Lipinski definition) is 0. The molecule has 0 bridgehead atoms. The van der Waals surface area contributed by atoms with E-state index in [1.807, 2.05) is 0 Å². The zero-order valence-corrected chi connectivity index (χ0v) is 8.88. The Bertz CT molecular complexity index is 220. The van der Waals surface area contributed by atoms with E-state index in [0.29, 0.717) is 0 Å². The second-order valence-electron chi connectivity index (χ2n) is 4.23. The van der Waals surface area contributed by atoms with E-state index < -0.39 is 0 Å². The Kier molecular flexibility index (Phi) is 2.76. The molecule has 3 nitrogen and oxygen atoms in total. The van der Waals surface area contributed by atoms with Crippen molar-refractivity contribution >= 4 is 6.72 Å². The van der Waals surface area contributed by atoms with E-state index in [1.165, 1.54) is 0 Å². The highest BCUT2D eigenvalue weighted by Crippen LogP contribution is 2.21. The molecule has 74 valence electrons. The van der Waals surface area contributed by atoms with Gasteiger partial charge in [-0.3, -0.25) is 4.90 Å². The first-order valence-corrected chi connectivity index (χ1v) is 4.59. The smallest absolute Gasteiger partial charge is 0.120 e. The molecule has 0 N–H and O–H groups in total. The van der Waals surface area contributed by atoms with Crippen LogP contribution in [0.4, 0.5) is 0 Å². The molecule has 0 atom stereocenters. The standard InChI is InChI=1S/C10H19N3/c1-9(11-4)13-7-6-12(5)10(2,3)8-13/h1,4,6-8H2,2-3,5H3. The maximum Gasteiger partial charge on any atom is 0.120 e. The number of rotatable bonds is 2. The monoisotopic (exact) mass is 181 g/mol. The second kappa shape index (κ2) is 3.50. The van der Waals surface area contributed by atoms with Gasteiger partial charge in [-0.2, -0.15) is 0 Å². The van der Waals surface area contributed by atoms with Crippen LogP contribution in [0.1, 0.15) is 13.8 Å². The van der Waals surface area contributed by atoms with Crippen molar-refractivity contribution in [2.45, 2.75) is 19.4 Å². The molecule has 1 saturated heterocycles. The molecule has 0 unspecified atom stereocenters. The number of likely N-dealkylation sites (N-methyl/N-ethyl adjacent to an activating group) is 1. The minimum atomic E-state index is 0.200. The van der Waals surface area contributed by atoms with Gasteiger partial charge in [0.2, 0.25) is 0 Å². The summed E-state index contributed by atoms with van der Waals surface area (Å²) < 4.78 is 0. The van der Waals surface area contributed by atoms with Crippen LogP contribution in [-0.4, -0.2) is 48.7 Å². The molecule has 0 aromatic carbocycles. The average molecular weight is 181 g/mol. The second-order valence-corrected chi connectivity index (χ2v) is 4.23. The average Bonchev–Trinajstić information content (AvgIpc) is 2.08. The van der Waals surface area contributed by atoms with Crippen molar-refractivity contribution in [1.82, 2.24) is 9.80 Å². The van der Waals surface area contributed by atoms with E-state index in [4.69, 9.17) is 0 Å². The molecule has 3 heteroatoms. The number of piperazine rings is 1. The van der Waals surface area contributed by atoms with Gasteiger partial charge in [0.05, 0.1) is 0 Å². The quantitative estimate of drug-likeness (QED) is 0.596. The topological polar surface area (TPSA) is 18.8 Å². The van der Waals surface area contributed by atoms with Gasteiger partial charge in [0, 0.05) is 25.2 Å². The van der Waals surface area contributed by atoms with Crippen molar-refractivity contribution in [1.29, 1.82) is 0 Å². The molecule has 0 aromatic rings. The van der Waals surface area contributed by atoms with Gasteiger partial charge in [0.1, 0.15) is 5.82 Å². The van der Waals surface area contributed by atoms with Crippen molar-refractivity contribution < 1.29 is 0 Å². The van der Waals surface area contributed by atoms with Gasteiger partial charge in [-0.15, -0.1) is 0 Å². The lowest BCUT2D eigenvalue weighted by atomic mass is 10.00. The molecule has 1 aliphatic heterocycles. The highest BCUT2D eigenvalue weighted by atomic mass is 15.3. The summed E-state index contributed by atoms with van der Waals surface area (Å²) in [7, 11) is 2.15. The molecule has 1 fully saturated rings. The Hall–Kier alpha value is -0.830. The molecule has 0 aromatic heterocycles. The zero-order chi connectivity index (χ0) is 10.1. The van der Waals surface area contributed by atoms with Crippen LogP contribution in [0.2, 0.25) is 0 Å². The predicted molar refractivity (Wildman–Crippen MR) is 57.0 cm³/mol. The van der Waals surface area contributed by atoms with Gasteiger partial charge in [-0.1, -0.05) is 6.58 Å². The van der Waals surface area contributed by atoms with Gasteiger partial charge >= 0.3 is 0 Å². The maximum atomic E-state index is 3.87. The minimum absolute atomic E-state index is 0.200. The van der Waals surface area contributed by atoms with E-state index in [9.17, 15) is 0 Å². The van der Waals surface area contributed by atoms with Gasteiger partial charge in [-0.25, -0.2) is 4.99 Å². The van der Waals surface area contributed by atoms with Crippen LogP contribution in [0, 0.1) is 0 Å². The lowest BCUT2D eigenvalue weighted by Gasteiger charge is -2.45. The molecule has 13 heavy (non-hydrogen) atoms. The fourth-order valence-corrected chi connectivity index (χ4v) is 1.56. The fourth-order valence-electron chi connectivity index (χ4n) is 1.56.